The summed E-state index contributed by atoms with van der Waals surface area (Å²) in [7, 11) is 0. The van der Waals surface area contributed by atoms with Crippen LogP contribution in [0, 0.1) is 0 Å². The van der Waals surface area contributed by atoms with Gasteiger partial charge >= 0.3 is 5.97 Å². The van der Waals surface area contributed by atoms with Gasteiger partial charge in [-0.2, -0.15) is 0 Å². The number of benzene rings is 1. The molecule has 7 heteroatoms. The number of nitrogens with one attached hydrogen (secondary N) is 1. The molecule has 0 aliphatic carbocycles. The first-order valence-electron chi connectivity index (χ1n) is 5.85. The zero-order valence-corrected chi connectivity index (χ0v) is 10.7. The van der Waals surface area contributed by atoms with Crippen LogP contribution in [0.15, 0.2) is 30.6 Å². The van der Waals surface area contributed by atoms with Gasteiger partial charge in [-0.05, 0) is 25.1 Å². The van der Waals surface area contributed by atoms with Gasteiger partial charge in [0, 0.05) is 18.0 Å². The van der Waals surface area contributed by atoms with E-state index in [1.165, 1.54) is 6.20 Å². The fourth-order valence-corrected chi connectivity index (χ4v) is 1.53. The minimum absolute atomic E-state index is 0.319. The quantitative estimate of drug-likeness (QED) is 0.734. The summed E-state index contributed by atoms with van der Waals surface area (Å²) in [6.07, 6.45) is 3.06. The van der Waals surface area contributed by atoms with Gasteiger partial charge < -0.3 is 15.5 Å². The molecule has 20 heavy (non-hydrogen) atoms. The van der Waals surface area contributed by atoms with E-state index in [0.29, 0.717) is 16.6 Å². The Balaban J connectivity index is 2.14. The van der Waals surface area contributed by atoms with Crippen molar-refractivity contribution in [1.82, 2.24) is 15.3 Å². The predicted octanol–water partition coefficient (Wildman–Crippen LogP) is 0.195. The minimum Gasteiger partial charge on any atom is -0.479 e. The number of aromatic nitrogens is 2. The number of carbonyl (C=O) groups excluding carboxylic acids is 1. The third-order valence-corrected chi connectivity index (χ3v) is 2.79. The molecule has 2 aromatic rings. The van der Waals surface area contributed by atoms with Crippen LogP contribution < -0.4 is 5.32 Å². The number of aliphatic hydroxyl groups is 1. The van der Waals surface area contributed by atoms with Crippen molar-refractivity contribution in [3.05, 3.63) is 36.2 Å². The van der Waals surface area contributed by atoms with Crippen LogP contribution in [0.4, 0.5) is 0 Å². The molecule has 2 rings (SSSR count). The number of hydrogen-bond acceptors (Lipinski definition) is 5. The molecule has 1 amide bonds. The molecule has 3 N–H and O–H groups in total. The van der Waals surface area contributed by atoms with E-state index in [1.807, 2.05) is 0 Å². The highest BCUT2D eigenvalue weighted by molar-refractivity contribution is 5.97. The lowest BCUT2D eigenvalue weighted by molar-refractivity contribution is -0.155. The monoisotopic (exact) mass is 275 g/mol. The molecule has 0 spiro atoms. The van der Waals surface area contributed by atoms with Crippen LogP contribution in [0.2, 0.25) is 0 Å². The zero-order chi connectivity index (χ0) is 14.8. The van der Waals surface area contributed by atoms with Gasteiger partial charge in [-0.15, -0.1) is 0 Å². The number of nitrogens with zero attached hydrogens (tertiary/aromatic N) is 2. The first-order valence-corrected chi connectivity index (χ1v) is 5.85. The zero-order valence-electron chi connectivity index (χ0n) is 10.7. The molecule has 7 nitrogen and oxygen atoms in total. The SMILES string of the molecule is CC(O)(CNC(=O)c1ccc2nccnc2c1)C(=O)O. The summed E-state index contributed by atoms with van der Waals surface area (Å²) in [6, 6.07) is 4.75. The van der Waals surface area contributed by atoms with E-state index in [2.05, 4.69) is 15.3 Å². The summed E-state index contributed by atoms with van der Waals surface area (Å²) < 4.78 is 0. The molecule has 1 aromatic heterocycles. The summed E-state index contributed by atoms with van der Waals surface area (Å²) in [5.41, 5.74) is -0.474. The van der Waals surface area contributed by atoms with Crippen LogP contribution in [-0.2, 0) is 4.79 Å². The van der Waals surface area contributed by atoms with Crippen molar-refractivity contribution >= 4 is 22.9 Å². The number of amides is 1. The van der Waals surface area contributed by atoms with Crippen molar-refractivity contribution in [3.8, 4) is 0 Å². The number of carbonyl (C=O) groups is 2. The van der Waals surface area contributed by atoms with Gasteiger partial charge in [-0.25, -0.2) is 4.79 Å². The Hall–Kier alpha value is -2.54. The van der Waals surface area contributed by atoms with E-state index < -0.39 is 17.5 Å². The van der Waals surface area contributed by atoms with Gasteiger partial charge in [0.25, 0.3) is 5.91 Å². The molecule has 0 bridgehead atoms. The molecule has 0 radical (unpaired) electrons. The third kappa shape index (κ3) is 2.89. The van der Waals surface area contributed by atoms with Crippen molar-refractivity contribution in [1.29, 1.82) is 0 Å². The van der Waals surface area contributed by atoms with Gasteiger partial charge in [-0.3, -0.25) is 14.8 Å². The van der Waals surface area contributed by atoms with Gasteiger partial charge in [0.1, 0.15) is 0 Å². The molecule has 104 valence electrons. The molecular formula is C13H13N3O4. The number of rotatable bonds is 4. The summed E-state index contributed by atoms with van der Waals surface area (Å²) in [5, 5.41) is 20.6. The fraction of sp³-hybridized carbons (Fsp3) is 0.231. The molecule has 1 heterocycles. The smallest absolute Gasteiger partial charge is 0.337 e. The molecular weight excluding hydrogens is 262 g/mol. The Morgan fingerprint density at radius 2 is 1.90 bits per heavy atom. The van der Waals surface area contributed by atoms with E-state index in [9.17, 15) is 14.7 Å². The third-order valence-electron chi connectivity index (χ3n) is 2.79. The molecule has 0 aliphatic heterocycles. The average Bonchev–Trinajstić information content (AvgIpc) is 2.44. The van der Waals surface area contributed by atoms with Crippen LogP contribution in [0.1, 0.15) is 17.3 Å². The Labute approximate surface area is 114 Å². The normalized spacial score (nSPS) is 13.7. The number of fused-ring (bicyclic) bond motifs is 1. The van der Waals surface area contributed by atoms with Gasteiger partial charge in [-0.1, -0.05) is 0 Å². The number of hydrogen-bond donors (Lipinski definition) is 3. The van der Waals surface area contributed by atoms with E-state index in [1.54, 1.807) is 24.4 Å². The topological polar surface area (TPSA) is 112 Å². The Morgan fingerprint density at radius 3 is 2.55 bits per heavy atom. The lowest BCUT2D eigenvalue weighted by Gasteiger charge is -2.18. The molecule has 0 saturated heterocycles. The fourth-order valence-electron chi connectivity index (χ4n) is 1.53. The van der Waals surface area contributed by atoms with Crippen molar-refractivity contribution < 1.29 is 19.8 Å². The van der Waals surface area contributed by atoms with Crippen molar-refractivity contribution in [2.75, 3.05) is 6.54 Å². The summed E-state index contributed by atoms with van der Waals surface area (Å²) in [6.45, 7) is 0.723. The number of carboxylic acids is 1. The highest BCUT2D eigenvalue weighted by Gasteiger charge is 2.30. The summed E-state index contributed by atoms with van der Waals surface area (Å²) in [5.74, 6) is -1.89. The first-order chi connectivity index (χ1) is 9.40. The van der Waals surface area contributed by atoms with Crippen LogP contribution in [0.5, 0.6) is 0 Å². The van der Waals surface area contributed by atoms with Gasteiger partial charge in [0.15, 0.2) is 5.60 Å². The van der Waals surface area contributed by atoms with Crippen LogP contribution in [-0.4, -0.2) is 44.2 Å². The molecule has 0 saturated carbocycles. The second-order valence-corrected chi connectivity index (χ2v) is 4.52. The number of carboxylic acid groups (broad SMARTS) is 1. The van der Waals surface area contributed by atoms with Gasteiger partial charge in [0.2, 0.25) is 0 Å². The van der Waals surface area contributed by atoms with Crippen molar-refractivity contribution in [3.63, 3.8) is 0 Å². The largest absolute Gasteiger partial charge is 0.479 e. The summed E-state index contributed by atoms with van der Waals surface area (Å²) in [4.78, 5) is 30.8. The van der Waals surface area contributed by atoms with Crippen molar-refractivity contribution in [2.24, 2.45) is 0 Å². The molecule has 1 aromatic carbocycles. The lowest BCUT2D eigenvalue weighted by Crippen LogP contribution is -2.46. The van der Waals surface area contributed by atoms with E-state index in [-0.39, 0.29) is 6.54 Å². The molecule has 0 fully saturated rings. The van der Waals surface area contributed by atoms with Gasteiger partial charge in [0.05, 0.1) is 17.6 Å². The number of aliphatic carboxylic acids is 1. The van der Waals surface area contributed by atoms with Crippen LogP contribution in [0.25, 0.3) is 11.0 Å². The maximum absolute atomic E-state index is 11.9. The first kappa shape index (κ1) is 13.9. The Bertz CT molecular complexity index is 669. The molecule has 0 aliphatic rings. The standard InChI is InChI=1S/C13H13N3O4/c1-13(20,12(18)19)7-16-11(17)8-2-3-9-10(6-8)15-5-4-14-9/h2-6,20H,7H2,1H3,(H,16,17)(H,18,19). The Morgan fingerprint density at radius 1 is 1.25 bits per heavy atom. The van der Waals surface area contributed by atoms with Crippen molar-refractivity contribution in [2.45, 2.75) is 12.5 Å². The molecule has 1 atom stereocenters. The maximum atomic E-state index is 11.9. The summed E-state index contributed by atoms with van der Waals surface area (Å²) >= 11 is 0. The highest BCUT2D eigenvalue weighted by Crippen LogP contribution is 2.11. The second kappa shape index (κ2) is 5.22. The lowest BCUT2D eigenvalue weighted by atomic mass is 10.1. The maximum Gasteiger partial charge on any atom is 0.337 e. The highest BCUT2D eigenvalue weighted by atomic mass is 16.4. The average molecular weight is 275 g/mol. The second-order valence-electron chi connectivity index (χ2n) is 4.52. The van der Waals surface area contributed by atoms with Crippen LogP contribution >= 0.6 is 0 Å². The van der Waals surface area contributed by atoms with E-state index in [0.717, 1.165) is 6.92 Å². The predicted molar refractivity (Wildman–Crippen MR) is 70.1 cm³/mol. The minimum atomic E-state index is -2.01. The molecule has 1 unspecified atom stereocenters. The van der Waals surface area contributed by atoms with Crippen LogP contribution in [0.3, 0.4) is 0 Å². The van der Waals surface area contributed by atoms with E-state index in [4.69, 9.17) is 5.11 Å². The Kier molecular flexibility index (Phi) is 3.62. The van der Waals surface area contributed by atoms with E-state index >= 15 is 0 Å².